The molecule has 1 aromatic heterocycles. The summed E-state index contributed by atoms with van der Waals surface area (Å²) in [5.41, 5.74) is 4.93. The Morgan fingerprint density at radius 2 is 2.03 bits per heavy atom. The minimum Gasteiger partial charge on any atom is -0.495 e. The van der Waals surface area contributed by atoms with E-state index in [1.807, 2.05) is 43.3 Å². The molecule has 0 saturated heterocycles. The predicted octanol–water partition coefficient (Wildman–Crippen LogP) is 4.41. The van der Waals surface area contributed by atoms with Crippen LogP contribution in [0.15, 0.2) is 52.1 Å². The van der Waals surface area contributed by atoms with Crippen molar-refractivity contribution in [2.45, 2.75) is 23.4 Å². The number of methoxy groups -OCH3 is 1. The molecule has 3 aromatic rings. The second kappa shape index (κ2) is 8.25. The summed E-state index contributed by atoms with van der Waals surface area (Å²) >= 11 is 11.1. The van der Waals surface area contributed by atoms with Crippen molar-refractivity contribution in [2.24, 2.45) is 0 Å². The lowest BCUT2D eigenvalue weighted by molar-refractivity contribution is -0.116. The van der Waals surface area contributed by atoms with Gasteiger partial charge >= 0.3 is 0 Å². The number of hydrogen-bond donors (Lipinski definition) is 2. The zero-order valence-electron chi connectivity index (χ0n) is 15.5. The summed E-state index contributed by atoms with van der Waals surface area (Å²) in [6.45, 7) is 1.85. The monoisotopic (exact) mass is 493 g/mol. The van der Waals surface area contributed by atoms with Crippen molar-refractivity contribution < 1.29 is 9.53 Å². The molecular weight excluding hydrogens is 478 g/mol. The first-order valence-corrected chi connectivity index (χ1v) is 10.8. The molecule has 4 rings (SSSR count). The van der Waals surface area contributed by atoms with Gasteiger partial charge in [0.05, 0.1) is 18.2 Å². The van der Waals surface area contributed by atoms with Gasteiger partial charge in [-0.1, -0.05) is 45.4 Å². The summed E-state index contributed by atoms with van der Waals surface area (Å²) in [6.07, 6.45) is 0. The van der Waals surface area contributed by atoms with Crippen LogP contribution in [0.25, 0.3) is 0 Å². The van der Waals surface area contributed by atoms with Gasteiger partial charge in [-0.15, -0.1) is 10.2 Å². The number of halogens is 2. The number of fused-ring (bicyclic) bond motifs is 1. The highest BCUT2D eigenvalue weighted by molar-refractivity contribution is 9.10. The lowest BCUT2D eigenvalue weighted by atomic mass is 10.0. The minimum absolute atomic E-state index is 0.145. The van der Waals surface area contributed by atoms with Crippen LogP contribution in [0.2, 0.25) is 5.02 Å². The number of ether oxygens (including phenoxy) is 1. The summed E-state index contributed by atoms with van der Waals surface area (Å²) in [5, 5.41) is 11.9. The minimum atomic E-state index is -0.487. The first-order chi connectivity index (χ1) is 14.0. The van der Waals surface area contributed by atoms with Gasteiger partial charge in [0.15, 0.2) is 0 Å². The van der Waals surface area contributed by atoms with Crippen LogP contribution in [0.4, 0.5) is 5.69 Å². The molecule has 2 atom stereocenters. The number of nitrogens with one attached hydrogen (secondary N) is 2. The number of rotatable bonds is 4. The van der Waals surface area contributed by atoms with E-state index in [0.29, 0.717) is 27.4 Å². The van der Waals surface area contributed by atoms with E-state index in [-0.39, 0.29) is 11.9 Å². The van der Waals surface area contributed by atoms with Crippen molar-refractivity contribution in [3.8, 4) is 5.75 Å². The molecule has 2 heterocycles. The molecule has 2 N–H and O–H groups in total. The quantitative estimate of drug-likeness (QED) is 0.559. The first-order valence-electron chi connectivity index (χ1n) is 8.71. The molecule has 0 fully saturated rings. The van der Waals surface area contributed by atoms with Crippen LogP contribution in [-0.4, -0.2) is 33.1 Å². The molecule has 1 amide bonds. The van der Waals surface area contributed by atoms with Crippen LogP contribution >= 0.6 is 39.3 Å². The number of carbonyl (C=O) groups excluding carboxylic acids is 1. The van der Waals surface area contributed by atoms with Gasteiger partial charge in [-0.2, -0.15) is 0 Å². The van der Waals surface area contributed by atoms with Crippen molar-refractivity contribution in [3.05, 3.63) is 63.3 Å². The molecule has 2 aromatic carbocycles. The van der Waals surface area contributed by atoms with Gasteiger partial charge in [0.25, 0.3) is 0 Å². The van der Waals surface area contributed by atoms with Crippen LogP contribution in [0.1, 0.15) is 17.4 Å². The van der Waals surface area contributed by atoms with Gasteiger partial charge < -0.3 is 15.5 Å². The number of anilines is 1. The third-order valence-electron chi connectivity index (χ3n) is 4.50. The highest BCUT2D eigenvalue weighted by Crippen LogP contribution is 2.39. The number of thioether (sulfide) groups is 1. The second-order valence-electron chi connectivity index (χ2n) is 6.40. The molecule has 0 unspecified atom stereocenters. The predicted molar refractivity (Wildman–Crippen MR) is 117 cm³/mol. The molecule has 7 nitrogen and oxygen atoms in total. The molecule has 0 radical (unpaired) electrons. The molecular formula is C19H17BrClN5O2S. The molecule has 0 bridgehead atoms. The fourth-order valence-electron chi connectivity index (χ4n) is 3.03. The van der Waals surface area contributed by atoms with Crippen LogP contribution < -0.4 is 15.5 Å². The lowest BCUT2D eigenvalue weighted by Gasteiger charge is -2.33. The largest absolute Gasteiger partial charge is 0.495 e. The third kappa shape index (κ3) is 4.08. The van der Waals surface area contributed by atoms with Crippen molar-refractivity contribution in [1.29, 1.82) is 0 Å². The van der Waals surface area contributed by atoms with Gasteiger partial charge in [-0.25, -0.2) is 4.68 Å². The Morgan fingerprint density at radius 1 is 1.28 bits per heavy atom. The SMILES string of the molecule is COc1ccc([C@H]2Nn3c(C)nnc3S[C@@H]2C(=O)Nc2ccc(Br)cc2)cc1Cl. The van der Waals surface area contributed by atoms with Gasteiger partial charge in [0.2, 0.25) is 11.1 Å². The molecule has 0 saturated carbocycles. The highest BCUT2D eigenvalue weighted by Gasteiger charge is 2.37. The third-order valence-corrected chi connectivity index (χ3v) is 6.54. The van der Waals surface area contributed by atoms with E-state index in [9.17, 15) is 4.79 Å². The van der Waals surface area contributed by atoms with Gasteiger partial charge in [0, 0.05) is 10.2 Å². The fraction of sp³-hybridized carbons (Fsp3) is 0.211. The van der Waals surface area contributed by atoms with Crippen molar-refractivity contribution in [3.63, 3.8) is 0 Å². The number of hydrogen-bond acceptors (Lipinski definition) is 6. The molecule has 1 aliphatic heterocycles. The highest BCUT2D eigenvalue weighted by atomic mass is 79.9. The van der Waals surface area contributed by atoms with E-state index < -0.39 is 5.25 Å². The molecule has 0 aliphatic carbocycles. The topological polar surface area (TPSA) is 81.1 Å². The summed E-state index contributed by atoms with van der Waals surface area (Å²) in [6, 6.07) is 12.6. The van der Waals surface area contributed by atoms with Crippen LogP contribution in [0.3, 0.4) is 0 Å². The number of aryl methyl sites for hydroxylation is 1. The molecule has 29 heavy (non-hydrogen) atoms. The molecule has 0 spiro atoms. The zero-order valence-corrected chi connectivity index (χ0v) is 18.7. The Labute approximate surface area is 185 Å². The average Bonchev–Trinajstić information content (AvgIpc) is 3.08. The summed E-state index contributed by atoms with van der Waals surface area (Å²) < 4.78 is 7.98. The van der Waals surface area contributed by atoms with E-state index in [4.69, 9.17) is 16.3 Å². The number of benzene rings is 2. The van der Waals surface area contributed by atoms with Gasteiger partial charge in [-0.05, 0) is 48.9 Å². The van der Waals surface area contributed by atoms with Gasteiger partial charge in [-0.3, -0.25) is 4.79 Å². The van der Waals surface area contributed by atoms with Crippen molar-refractivity contribution >= 4 is 50.9 Å². The maximum Gasteiger partial charge on any atom is 0.240 e. The number of carbonyl (C=O) groups is 1. The average molecular weight is 495 g/mol. The normalized spacial score (nSPS) is 17.9. The summed E-state index contributed by atoms with van der Waals surface area (Å²) in [5.74, 6) is 1.15. The van der Waals surface area contributed by atoms with E-state index in [1.165, 1.54) is 11.8 Å². The smallest absolute Gasteiger partial charge is 0.240 e. The Morgan fingerprint density at radius 3 is 2.72 bits per heavy atom. The Hall–Kier alpha value is -2.23. The zero-order chi connectivity index (χ0) is 20.5. The van der Waals surface area contributed by atoms with E-state index in [2.05, 4.69) is 36.9 Å². The number of aromatic nitrogens is 3. The molecule has 10 heteroatoms. The van der Waals surface area contributed by atoms with E-state index in [0.717, 1.165) is 10.0 Å². The van der Waals surface area contributed by atoms with E-state index in [1.54, 1.807) is 17.9 Å². The van der Waals surface area contributed by atoms with Crippen LogP contribution in [-0.2, 0) is 4.79 Å². The van der Waals surface area contributed by atoms with Gasteiger partial charge in [0.1, 0.15) is 16.8 Å². The summed E-state index contributed by atoms with van der Waals surface area (Å²) in [4.78, 5) is 13.2. The number of amides is 1. The van der Waals surface area contributed by atoms with E-state index >= 15 is 0 Å². The lowest BCUT2D eigenvalue weighted by Crippen LogP contribution is -2.41. The Balaban J connectivity index is 1.67. The van der Waals surface area contributed by atoms with Crippen molar-refractivity contribution in [1.82, 2.24) is 14.9 Å². The maximum atomic E-state index is 13.2. The Kier molecular flexibility index (Phi) is 5.71. The molecule has 150 valence electrons. The van der Waals surface area contributed by atoms with Crippen LogP contribution in [0, 0.1) is 6.92 Å². The second-order valence-corrected chi connectivity index (χ2v) is 8.83. The summed E-state index contributed by atoms with van der Waals surface area (Å²) in [7, 11) is 1.57. The Bertz CT molecular complexity index is 1060. The standard InChI is InChI=1S/C19H17BrClN5O2S/c1-10-23-24-19-26(10)25-16(11-3-8-15(28-2)14(21)9-11)17(29-19)18(27)22-13-6-4-12(20)5-7-13/h3-9,16-17,25H,1-2H3,(H,22,27)/t16-,17+/m1/s1. The first kappa shape index (κ1) is 20.1. The van der Waals surface area contributed by atoms with Crippen molar-refractivity contribution in [2.75, 3.05) is 17.9 Å². The fourth-order valence-corrected chi connectivity index (χ4v) is 4.69. The molecule has 1 aliphatic rings. The number of nitrogens with zero attached hydrogens (tertiary/aromatic N) is 3. The maximum absolute atomic E-state index is 13.2. The van der Waals surface area contributed by atoms with Crippen LogP contribution in [0.5, 0.6) is 5.75 Å².